The van der Waals surface area contributed by atoms with E-state index in [9.17, 15) is 0 Å². The van der Waals surface area contributed by atoms with Crippen molar-refractivity contribution in [2.75, 3.05) is 6.54 Å². The van der Waals surface area contributed by atoms with Crippen LogP contribution < -0.4 is 5.32 Å². The molecule has 1 unspecified atom stereocenters. The van der Waals surface area contributed by atoms with Gasteiger partial charge in [0.15, 0.2) is 5.76 Å². The summed E-state index contributed by atoms with van der Waals surface area (Å²) < 4.78 is 5.49. The molecule has 1 aliphatic heterocycles. The van der Waals surface area contributed by atoms with E-state index < -0.39 is 0 Å². The fourth-order valence-electron chi connectivity index (χ4n) is 2.60. The number of nitrogens with zero attached hydrogens (tertiary/aromatic N) is 1. The van der Waals surface area contributed by atoms with E-state index >= 15 is 0 Å². The van der Waals surface area contributed by atoms with Crippen LogP contribution in [0.5, 0.6) is 0 Å². The minimum absolute atomic E-state index is 0.362. The van der Waals surface area contributed by atoms with Crippen LogP contribution in [0.2, 0.25) is 0 Å². The first-order valence-corrected chi connectivity index (χ1v) is 7.16. The highest BCUT2D eigenvalue weighted by molar-refractivity contribution is 5.57. The number of rotatable bonds is 3. The quantitative estimate of drug-likeness (QED) is 0.909. The zero-order chi connectivity index (χ0) is 13.1. The van der Waals surface area contributed by atoms with E-state index in [0.29, 0.717) is 6.04 Å². The van der Waals surface area contributed by atoms with Gasteiger partial charge >= 0.3 is 0 Å². The van der Waals surface area contributed by atoms with E-state index in [2.05, 4.69) is 47.7 Å². The largest absolute Gasteiger partial charge is 0.356 e. The SMILES string of the molecule is CCc1ccc(-c2cc(C3CCCCN3)no2)cc1. The summed E-state index contributed by atoms with van der Waals surface area (Å²) in [5.41, 5.74) is 3.48. The number of aromatic nitrogens is 1. The smallest absolute Gasteiger partial charge is 0.167 e. The summed E-state index contributed by atoms with van der Waals surface area (Å²) >= 11 is 0. The Morgan fingerprint density at radius 1 is 1.26 bits per heavy atom. The van der Waals surface area contributed by atoms with Crippen LogP contribution in [-0.2, 0) is 6.42 Å². The number of piperidine rings is 1. The molecular weight excluding hydrogens is 236 g/mol. The van der Waals surface area contributed by atoms with Gasteiger partial charge in [0, 0.05) is 11.6 Å². The molecule has 0 radical (unpaired) electrons. The average Bonchev–Trinajstić information content (AvgIpc) is 2.98. The van der Waals surface area contributed by atoms with Gasteiger partial charge in [-0.2, -0.15) is 0 Å². The van der Waals surface area contributed by atoms with Crippen LogP contribution in [0.3, 0.4) is 0 Å². The second-order valence-corrected chi connectivity index (χ2v) is 5.17. The molecule has 2 heterocycles. The van der Waals surface area contributed by atoms with E-state index in [1.165, 1.54) is 18.4 Å². The van der Waals surface area contributed by atoms with E-state index in [0.717, 1.165) is 36.4 Å². The van der Waals surface area contributed by atoms with Gasteiger partial charge in [0.1, 0.15) is 5.69 Å². The van der Waals surface area contributed by atoms with Crippen molar-refractivity contribution in [2.24, 2.45) is 0 Å². The predicted molar refractivity (Wildman–Crippen MR) is 75.9 cm³/mol. The van der Waals surface area contributed by atoms with Crippen molar-refractivity contribution in [3.8, 4) is 11.3 Å². The summed E-state index contributed by atoms with van der Waals surface area (Å²) in [5.74, 6) is 0.866. The van der Waals surface area contributed by atoms with Gasteiger partial charge in [0.05, 0.1) is 6.04 Å². The minimum atomic E-state index is 0.362. The lowest BCUT2D eigenvalue weighted by atomic mass is 10.0. The van der Waals surface area contributed by atoms with Gasteiger partial charge in [-0.1, -0.05) is 42.8 Å². The maximum absolute atomic E-state index is 5.49. The summed E-state index contributed by atoms with van der Waals surface area (Å²) in [6, 6.07) is 11.0. The number of benzene rings is 1. The highest BCUT2D eigenvalue weighted by Crippen LogP contribution is 2.27. The van der Waals surface area contributed by atoms with Crippen molar-refractivity contribution < 1.29 is 4.52 Å². The fourth-order valence-corrected chi connectivity index (χ4v) is 2.60. The second-order valence-electron chi connectivity index (χ2n) is 5.17. The van der Waals surface area contributed by atoms with Crippen LogP contribution in [0.4, 0.5) is 0 Å². The summed E-state index contributed by atoms with van der Waals surface area (Å²) in [4.78, 5) is 0. The van der Waals surface area contributed by atoms with Crippen molar-refractivity contribution in [1.29, 1.82) is 0 Å². The molecule has 3 rings (SSSR count). The van der Waals surface area contributed by atoms with Crippen molar-refractivity contribution in [3.05, 3.63) is 41.6 Å². The van der Waals surface area contributed by atoms with Gasteiger partial charge in [-0.15, -0.1) is 0 Å². The fraction of sp³-hybridized carbons (Fsp3) is 0.438. The Hall–Kier alpha value is -1.61. The van der Waals surface area contributed by atoms with Crippen LogP contribution >= 0.6 is 0 Å². The molecule has 3 heteroatoms. The minimum Gasteiger partial charge on any atom is -0.356 e. The molecule has 0 bridgehead atoms. The van der Waals surface area contributed by atoms with Crippen molar-refractivity contribution >= 4 is 0 Å². The Labute approximate surface area is 114 Å². The molecule has 0 saturated carbocycles. The van der Waals surface area contributed by atoms with E-state index in [4.69, 9.17) is 4.52 Å². The molecule has 100 valence electrons. The van der Waals surface area contributed by atoms with Gasteiger partial charge in [0.2, 0.25) is 0 Å². The molecule has 1 aliphatic rings. The van der Waals surface area contributed by atoms with Crippen LogP contribution in [0.1, 0.15) is 43.5 Å². The molecule has 1 fully saturated rings. The molecule has 1 atom stereocenters. The van der Waals surface area contributed by atoms with Crippen LogP contribution in [0.15, 0.2) is 34.9 Å². The lowest BCUT2D eigenvalue weighted by Crippen LogP contribution is -2.26. The molecular formula is C16H20N2O. The third-order valence-electron chi connectivity index (χ3n) is 3.84. The zero-order valence-electron chi connectivity index (χ0n) is 11.4. The molecule has 19 heavy (non-hydrogen) atoms. The molecule has 1 aromatic heterocycles. The van der Waals surface area contributed by atoms with Crippen molar-refractivity contribution in [3.63, 3.8) is 0 Å². The Morgan fingerprint density at radius 2 is 2.11 bits per heavy atom. The monoisotopic (exact) mass is 256 g/mol. The Balaban J connectivity index is 1.79. The molecule has 2 aromatic rings. The van der Waals surface area contributed by atoms with Crippen molar-refractivity contribution in [2.45, 2.75) is 38.6 Å². The first kappa shape index (κ1) is 12.4. The van der Waals surface area contributed by atoms with Gasteiger partial charge in [-0.05, 0) is 31.4 Å². The van der Waals surface area contributed by atoms with E-state index in [1.807, 2.05) is 0 Å². The number of hydrogen-bond acceptors (Lipinski definition) is 3. The lowest BCUT2D eigenvalue weighted by Gasteiger charge is -2.20. The van der Waals surface area contributed by atoms with Gasteiger partial charge < -0.3 is 9.84 Å². The molecule has 0 aliphatic carbocycles. The third kappa shape index (κ3) is 2.71. The predicted octanol–water partition coefficient (Wildman–Crippen LogP) is 3.72. The summed E-state index contributed by atoms with van der Waals surface area (Å²) in [6.07, 6.45) is 4.75. The second kappa shape index (κ2) is 5.57. The Kier molecular flexibility index (Phi) is 3.65. The molecule has 1 N–H and O–H groups in total. The lowest BCUT2D eigenvalue weighted by molar-refractivity contribution is 0.368. The van der Waals surface area contributed by atoms with Gasteiger partial charge in [-0.3, -0.25) is 0 Å². The molecule has 3 nitrogen and oxygen atoms in total. The topological polar surface area (TPSA) is 38.1 Å². The van der Waals surface area contributed by atoms with Gasteiger partial charge in [-0.25, -0.2) is 0 Å². The first-order chi connectivity index (χ1) is 9.36. The summed E-state index contributed by atoms with van der Waals surface area (Å²) in [7, 11) is 0. The third-order valence-corrected chi connectivity index (χ3v) is 3.84. The zero-order valence-corrected chi connectivity index (χ0v) is 11.4. The first-order valence-electron chi connectivity index (χ1n) is 7.16. The molecule has 1 aromatic carbocycles. The molecule has 0 amide bonds. The molecule has 0 spiro atoms. The van der Waals surface area contributed by atoms with Crippen LogP contribution in [0, 0.1) is 0 Å². The Bertz CT molecular complexity index is 524. The molecule has 1 saturated heterocycles. The summed E-state index contributed by atoms with van der Waals surface area (Å²) in [5, 5.41) is 7.72. The van der Waals surface area contributed by atoms with E-state index in [-0.39, 0.29) is 0 Å². The number of nitrogens with one attached hydrogen (secondary N) is 1. The highest BCUT2D eigenvalue weighted by Gasteiger charge is 2.19. The highest BCUT2D eigenvalue weighted by atomic mass is 16.5. The summed E-state index contributed by atoms with van der Waals surface area (Å²) in [6.45, 7) is 3.24. The normalized spacial score (nSPS) is 19.5. The van der Waals surface area contributed by atoms with Crippen LogP contribution in [0.25, 0.3) is 11.3 Å². The standard InChI is InChI=1S/C16H20N2O/c1-2-12-6-8-13(9-7-12)16-11-15(18-19-16)14-5-3-4-10-17-14/h6-9,11,14,17H,2-5,10H2,1H3. The maximum Gasteiger partial charge on any atom is 0.167 e. The maximum atomic E-state index is 5.49. The number of hydrogen-bond donors (Lipinski definition) is 1. The Morgan fingerprint density at radius 3 is 2.79 bits per heavy atom. The van der Waals surface area contributed by atoms with E-state index in [1.54, 1.807) is 0 Å². The van der Waals surface area contributed by atoms with Crippen molar-refractivity contribution in [1.82, 2.24) is 10.5 Å². The van der Waals surface area contributed by atoms with Crippen LogP contribution in [-0.4, -0.2) is 11.7 Å². The number of aryl methyl sites for hydroxylation is 1. The average molecular weight is 256 g/mol. The van der Waals surface area contributed by atoms with Gasteiger partial charge in [0.25, 0.3) is 0 Å².